The number of amides is 1. The average Bonchev–Trinajstić information content (AvgIpc) is 3.05. The Morgan fingerprint density at radius 3 is 2.63 bits per heavy atom. The van der Waals surface area contributed by atoms with E-state index >= 15 is 0 Å². The molecule has 0 saturated carbocycles. The van der Waals surface area contributed by atoms with Crippen LogP contribution in [0.15, 0.2) is 24.3 Å². The number of rotatable bonds is 6. The van der Waals surface area contributed by atoms with Gasteiger partial charge >= 0.3 is 0 Å². The summed E-state index contributed by atoms with van der Waals surface area (Å²) in [4.78, 5) is 14.4. The first-order valence-corrected chi connectivity index (χ1v) is 10.1. The summed E-state index contributed by atoms with van der Waals surface area (Å²) in [5.74, 6) is 2.19. The second-order valence-corrected chi connectivity index (χ2v) is 7.88. The van der Waals surface area contributed by atoms with Crippen molar-refractivity contribution in [1.29, 1.82) is 0 Å². The van der Waals surface area contributed by atoms with Crippen LogP contribution < -0.4 is 4.74 Å². The highest BCUT2D eigenvalue weighted by Gasteiger charge is 2.27. The van der Waals surface area contributed by atoms with Crippen molar-refractivity contribution in [1.82, 2.24) is 19.7 Å². The number of carbonyl (C=O) groups excluding carboxylic acids is 1. The number of aromatic nitrogens is 3. The van der Waals surface area contributed by atoms with Crippen LogP contribution in [0.4, 0.5) is 0 Å². The van der Waals surface area contributed by atoms with Gasteiger partial charge < -0.3 is 14.2 Å². The number of H-pyrrole nitrogens is 1. The van der Waals surface area contributed by atoms with Crippen LogP contribution >= 0.6 is 23.8 Å². The monoisotopic (exact) mass is 408 g/mol. The molecule has 2 aromatic rings. The smallest absolute Gasteiger partial charge is 0.225 e. The van der Waals surface area contributed by atoms with Crippen LogP contribution in [0.5, 0.6) is 5.75 Å². The molecule has 1 aromatic heterocycles. The molecule has 0 bridgehead atoms. The standard InChI is InChI=1S/C19H25ClN4O2S/c1-13(2)24-18(21-22-19(24)27)14-7-10-23(11-8-14)17(25)9-12-26-16-5-3-15(20)4-6-16/h3-6,13-14H,7-12H2,1-2H3,(H,22,27). The Morgan fingerprint density at radius 1 is 1.33 bits per heavy atom. The fraction of sp³-hybridized carbons (Fsp3) is 0.526. The highest BCUT2D eigenvalue weighted by atomic mass is 35.5. The van der Waals surface area contributed by atoms with Gasteiger partial charge in [0.15, 0.2) is 4.77 Å². The molecule has 8 heteroatoms. The lowest BCUT2D eigenvalue weighted by atomic mass is 9.95. The van der Waals surface area contributed by atoms with Gasteiger partial charge in [-0.1, -0.05) is 11.6 Å². The van der Waals surface area contributed by atoms with Crippen LogP contribution in [-0.2, 0) is 4.79 Å². The summed E-state index contributed by atoms with van der Waals surface area (Å²) in [5.41, 5.74) is 0. The Kier molecular flexibility index (Phi) is 6.55. The van der Waals surface area contributed by atoms with E-state index in [9.17, 15) is 4.79 Å². The van der Waals surface area contributed by atoms with Crippen molar-refractivity contribution >= 4 is 29.7 Å². The summed E-state index contributed by atoms with van der Waals surface area (Å²) in [6, 6.07) is 7.43. The molecule has 1 aliphatic rings. The van der Waals surface area contributed by atoms with Gasteiger partial charge in [0.2, 0.25) is 5.91 Å². The predicted octanol–water partition coefficient (Wildman–Crippen LogP) is 4.35. The van der Waals surface area contributed by atoms with E-state index in [0.29, 0.717) is 28.7 Å². The Labute approximate surface area is 169 Å². The maximum absolute atomic E-state index is 12.4. The fourth-order valence-corrected chi connectivity index (χ4v) is 3.91. The lowest BCUT2D eigenvalue weighted by molar-refractivity contribution is -0.132. The van der Waals surface area contributed by atoms with E-state index in [0.717, 1.165) is 37.5 Å². The van der Waals surface area contributed by atoms with Gasteiger partial charge in [-0.15, -0.1) is 0 Å². The molecule has 0 atom stereocenters. The van der Waals surface area contributed by atoms with Crippen LogP contribution in [0.25, 0.3) is 0 Å². The number of hydrogen-bond acceptors (Lipinski definition) is 4. The highest BCUT2D eigenvalue weighted by Crippen LogP contribution is 2.28. The normalized spacial score (nSPS) is 15.3. The summed E-state index contributed by atoms with van der Waals surface area (Å²) in [6.07, 6.45) is 2.17. The van der Waals surface area contributed by atoms with Crippen molar-refractivity contribution in [3.05, 3.63) is 39.9 Å². The van der Waals surface area contributed by atoms with E-state index < -0.39 is 0 Å². The maximum atomic E-state index is 12.4. The largest absolute Gasteiger partial charge is 0.493 e. The van der Waals surface area contributed by atoms with Crippen molar-refractivity contribution in [2.24, 2.45) is 0 Å². The van der Waals surface area contributed by atoms with Gasteiger partial charge in [-0.3, -0.25) is 9.89 Å². The van der Waals surface area contributed by atoms with Gasteiger partial charge in [0, 0.05) is 30.1 Å². The number of piperidine rings is 1. The first kappa shape index (κ1) is 19.9. The van der Waals surface area contributed by atoms with E-state index in [4.69, 9.17) is 28.6 Å². The summed E-state index contributed by atoms with van der Waals surface area (Å²) < 4.78 is 8.37. The number of aromatic amines is 1. The first-order chi connectivity index (χ1) is 13.0. The van der Waals surface area contributed by atoms with E-state index in [1.54, 1.807) is 24.3 Å². The number of hydrogen-bond donors (Lipinski definition) is 1. The Bertz CT molecular complexity index is 823. The molecule has 2 heterocycles. The lowest BCUT2D eigenvalue weighted by Crippen LogP contribution is -2.39. The Morgan fingerprint density at radius 2 is 2.00 bits per heavy atom. The molecular weight excluding hydrogens is 384 g/mol. The summed E-state index contributed by atoms with van der Waals surface area (Å²) in [7, 11) is 0. The van der Waals surface area contributed by atoms with E-state index in [1.807, 2.05) is 4.90 Å². The van der Waals surface area contributed by atoms with Crippen molar-refractivity contribution in [2.75, 3.05) is 19.7 Å². The lowest BCUT2D eigenvalue weighted by Gasteiger charge is -2.32. The predicted molar refractivity (Wildman–Crippen MR) is 108 cm³/mol. The number of likely N-dealkylation sites (tertiary alicyclic amines) is 1. The molecule has 3 rings (SSSR count). The topological polar surface area (TPSA) is 63.1 Å². The van der Waals surface area contributed by atoms with Crippen molar-refractivity contribution in [2.45, 2.75) is 45.1 Å². The molecule has 1 saturated heterocycles. The molecule has 146 valence electrons. The van der Waals surface area contributed by atoms with E-state index in [2.05, 4.69) is 28.6 Å². The van der Waals surface area contributed by atoms with Crippen LogP contribution in [0.1, 0.15) is 50.9 Å². The summed E-state index contributed by atoms with van der Waals surface area (Å²) in [5, 5.41) is 8.01. The maximum Gasteiger partial charge on any atom is 0.225 e. The minimum Gasteiger partial charge on any atom is -0.493 e. The zero-order valence-electron chi connectivity index (χ0n) is 15.7. The second kappa shape index (κ2) is 8.89. The van der Waals surface area contributed by atoms with Gasteiger partial charge in [-0.05, 0) is 63.2 Å². The molecule has 1 fully saturated rings. The zero-order chi connectivity index (χ0) is 19.4. The third kappa shape index (κ3) is 4.90. The SMILES string of the molecule is CC(C)n1c(C2CCN(C(=O)CCOc3ccc(Cl)cc3)CC2)n[nH]c1=S. The number of ether oxygens (including phenoxy) is 1. The molecular formula is C19H25ClN4O2S. The molecule has 6 nitrogen and oxygen atoms in total. The summed E-state index contributed by atoms with van der Waals surface area (Å²) in [6.45, 7) is 6.05. The molecule has 1 amide bonds. The van der Waals surface area contributed by atoms with Crippen molar-refractivity contribution in [3.8, 4) is 5.75 Å². The third-order valence-corrected chi connectivity index (χ3v) is 5.40. The quantitative estimate of drug-likeness (QED) is 0.721. The van der Waals surface area contributed by atoms with Crippen LogP contribution in [0.3, 0.4) is 0 Å². The van der Waals surface area contributed by atoms with Gasteiger partial charge in [0.25, 0.3) is 0 Å². The van der Waals surface area contributed by atoms with E-state index in [-0.39, 0.29) is 11.9 Å². The Hall–Kier alpha value is -1.86. The number of nitrogens with zero attached hydrogens (tertiary/aromatic N) is 3. The molecule has 0 aliphatic carbocycles. The van der Waals surface area contributed by atoms with Gasteiger partial charge in [0.1, 0.15) is 11.6 Å². The molecule has 1 aromatic carbocycles. The average molecular weight is 409 g/mol. The van der Waals surface area contributed by atoms with Crippen molar-refractivity contribution < 1.29 is 9.53 Å². The minimum absolute atomic E-state index is 0.130. The molecule has 1 aliphatic heterocycles. The second-order valence-electron chi connectivity index (χ2n) is 7.06. The molecule has 0 radical (unpaired) electrons. The van der Waals surface area contributed by atoms with E-state index in [1.165, 1.54) is 0 Å². The molecule has 0 unspecified atom stereocenters. The Balaban J connectivity index is 1.48. The van der Waals surface area contributed by atoms with Gasteiger partial charge in [-0.25, -0.2) is 0 Å². The highest BCUT2D eigenvalue weighted by molar-refractivity contribution is 7.71. The fourth-order valence-electron chi connectivity index (χ4n) is 3.44. The molecule has 1 N–H and O–H groups in total. The zero-order valence-corrected chi connectivity index (χ0v) is 17.2. The third-order valence-electron chi connectivity index (χ3n) is 4.86. The number of halogens is 1. The van der Waals surface area contributed by atoms with Gasteiger partial charge in [0.05, 0.1) is 13.0 Å². The molecule has 0 spiro atoms. The number of benzene rings is 1. The molecule has 27 heavy (non-hydrogen) atoms. The number of carbonyl (C=O) groups is 1. The van der Waals surface area contributed by atoms with Gasteiger partial charge in [-0.2, -0.15) is 5.10 Å². The van der Waals surface area contributed by atoms with Crippen LogP contribution in [-0.4, -0.2) is 45.3 Å². The first-order valence-electron chi connectivity index (χ1n) is 9.28. The van der Waals surface area contributed by atoms with Crippen molar-refractivity contribution in [3.63, 3.8) is 0 Å². The number of nitrogens with one attached hydrogen (secondary N) is 1. The van der Waals surface area contributed by atoms with Crippen LogP contribution in [0.2, 0.25) is 5.02 Å². The minimum atomic E-state index is 0.130. The van der Waals surface area contributed by atoms with Crippen LogP contribution in [0, 0.1) is 4.77 Å². The summed E-state index contributed by atoms with van der Waals surface area (Å²) >= 11 is 11.2.